The number of nitrogens with zero attached hydrogens (tertiary/aromatic N) is 1. The van der Waals surface area contributed by atoms with Gasteiger partial charge in [0.1, 0.15) is 17.3 Å². The van der Waals surface area contributed by atoms with E-state index in [1.165, 1.54) is 0 Å². The molecule has 0 unspecified atom stereocenters. The van der Waals surface area contributed by atoms with Crippen molar-refractivity contribution in [2.75, 3.05) is 0 Å². The van der Waals surface area contributed by atoms with E-state index in [0.717, 1.165) is 12.1 Å². The smallest absolute Gasteiger partial charge is 0.139 e. The molecule has 0 radical (unpaired) electrons. The highest BCUT2D eigenvalue weighted by atomic mass is 35.5. The average molecular weight is 276 g/mol. The molecule has 1 heterocycles. The molecule has 0 amide bonds. The topological polar surface area (TPSA) is 46.3 Å². The monoisotopic (exact) mass is 275 g/mol. The number of benzene rings is 1. The Balaban J connectivity index is 2.68. The van der Waals surface area contributed by atoms with Crippen molar-refractivity contribution in [3.8, 4) is 11.3 Å². The molecule has 0 aliphatic carbocycles. The molecular formula is C11H8Cl2FNO2. The summed E-state index contributed by atoms with van der Waals surface area (Å²) in [4.78, 5) is 0. The second-order valence-electron chi connectivity index (χ2n) is 3.47. The maximum atomic E-state index is 13.0. The largest absolute Gasteiger partial charge is 0.391 e. The Morgan fingerprint density at radius 3 is 2.47 bits per heavy atom. The van der Waals surface area contributed by atoms with Gasteiger partial charge in [0.25, 0.3) is 0 Å². The van der Waals surface area contributed by atoms with Crippen LogP contribution in [-0.4, -0.2) is 10.3 Å². The minimum Gasteiger partial charge on any atom is -0.391 e. The van der Waals surface area contributed by atoms with Crippen molar-refractivity contribution in [1.29, 1.82) is 0 Å². The van der Waals surface area contributed by atoms with Gasteiger partial charge in [-0.1, -0.05) is 28.4 Å². The van der Waals surface area contributed by atoms with E-state index >= 15 is 0 Å². The summed E-state index contributed by atoms with van der Waals surface area (Å²) in [6.45, 7) is 1.40. The summed E-state index contributed by atoms with van der Waals surface area (Å²) >= 11 is 11.8. The van der Waals surface area contributed by atoms with Gasteiger partial charge in [0.05, 0.1) is 16.7 Å². The Labute approximate surface area is 107 Å². The molecule has 1 N–H and O–H groups in total. The number of aliphatic hydroxyl groups excluding tert-OH is 1. The molecule has 0 bridgehead atoms. The van der Waals surface area contributed by atoms with Crippen molar-refractivity contribution < 1.29 is 14.0 Å². The molecule has 6 heteroatoms. The number of aromatic nitrogens is 1. The first-order chi connectivity index (χ1) is 8.04. The lowest BCUT2D eigenvalue weighted by molar-refractivity contribution is 0.278. The maximum Gasteiger partial charge on any atom is 0.139 e. The van der Waals surface area contributed by atoms with E-state index in [0.29, 0.717) is 22.6 Å². The van der Waals surface area contributed by atoms with Crippen LogP contribution in [0, 0.1) is 12.7 Å². The molecule has 1 aromatic heterocycles. The van der Waals surface area contributed by atoms with Crippen LogP contribution in [0.5, 0.6) is 0 Å². The van der Waals surface area contributed by atoms with E-state index in [9.17, 15) is 9.50 Å². The lowest BCUT2D eigenvalue weighted by Crippen LogP contribution is -1.91. The molecule has 0 saturated heterocycles. The highest BCUT2D eigenvalue weighted by Crippen LogP contribution is 2.37. The molecule has 2 aromatic rings. The van der Waals surface area contributed by atoms with E-state index in [4.69, 9.17) is 27.7 Å². The number of rotatable bonds is 2. The fourth-order valence-corrected chi connectivity index (χ4v) is 2.18. The summed E-state index contributed by atoms with van der Waals surface area (Å²) in [5.41, 5.74) is 1.18. The fourth-order valence-electron chi connectivity index (χ4n) is 1.54. The van der Waals surface area contributed by atoms with E-state index in [1.54, 1.807) is 6.92 Å². The third-order valence-corrected chi connectivity index (χ3v) is 2.98. The van der Waals surface area contributed by atoms with Crippen molar-refractivity contribution in [2.24, 2.45) is 0 Å². The van der Waals surface area contributed by atoms with Gasteiger partial charge in [0.2, 0.25) is 0 Å². The summed E-state index contributed by atoms with van der Waals surface area (Å²) < 4.78 is 18.0. The summed E-state index contributed by atoms with van der Waals surface area (Å²) in [5.74, 6) is -0.0616. The molecule has 0 spiro atoms. The van der Waals surface area contributed by atoms with Gasteiger partial charge in [-0.05, 0) is 19.1 Å². The second-order valence-corrected chi connectivity index (χ2v) is 4.28. The van der Waals surface area contributed by atoms with Crippen LogP contribution in [-0.2, 0) is 6.61 Å². The zero-order valence-electron chi connectivity index (χ0n) is 8.80. The first kappa shape index (κ1) is 12.4. The average Bonchev–Trinajstić information content (AvgIpc) is 2.58. The number of halogens is 3. The Kier molecular flexibility index (Phi) is 3.38. The van der Waals surface area contributed by atoms with Gasteiger partial charge >= 0.3 is 0 Å². The van der Waals surface area contributed by atoms with E-state index in [-0.39, 0.29) is 16.7 Å². The van der Waals surface area contributed by atoms with Crippen molar-refractivity contribution >= 4 is 23.2 Å². The second kappa shape index (κ2) is 4.64. The molecule has 0 saturated carbocycles. The van der Waals surface area contributed by atoms with Crippen LogP contribution in [0.15, 0.2) is 16.7 Å². The summed E-state index contributed by atoms with van der Waals surface area (Å²) in [7, 11) is 0. The van der Waals surface area contributed by atoms with Gasteiger partial charge in [-0.15, -0.1) is 0 Å². The minimum atomic E-state index is -0.533. The maximum absolute atomic E-state index is 13.0. The van der Waals surface area contributed by atoms with Crippen molar-refractivity contribution in [3.63, 3.8) is 0 Å². The lowest BCUT2D eigenvalue weighted by atomic mass is 10.1. The number of hydrogen-bond acceptors (Lipinski definition) is 3. The first-order valence-electron chi connectivity index (χ1n) is 4.75. The predicted molar refractivity (Wildman–Crippen MR) is 62.6 cm³/mol. The predicted octanol–water partition coefficient (Wildman–Crippen LogP) is 3.59. The Morgan fingerprint density at radius 1 is 1.35 bits per heavy atom. The quantitative estimate of drug-likeness (QED) is 0.911. The van der Waals surface area contributed by atoms with Gasteiger partial charge in [0, 0.05) is 11.1 Å². The first-order valence-corrected chi connectivity index (χ1v) is 5.51. The highest BCUT2D eigenvalue weighted by molar-refractivity contribution is 6.39. The van der Waals surface area contributed by atoms with Gasteiger partial charge in [-0.2, -0.15) is 0 Å². The molecule has 2 rings (SSSR count). The fraction of sp³-hybridized carbons (Fsp3) is 0.182. The molecule has 0 aliphatic rings. The van der Waals surface area contributed by atoms with Crippen LogP contribution < -0.4 is 0 Å². The van der Waals surface area contributed by atoms with Gasteiger partial charge in [-0.25, -0.2) is 4.39 Å². The normalized spacial score (nSPS) is 10.9. The van der Waals surface area contributed by atoms with Crippen molar-refractivity contribution in [3.05, 3.63) is 39.3 Å². The molecule has 3 nitrogen and oxygen atoms in total. The van der Waals surface area contributed by atoms with Gasteiger partial charge in [0.15, 0.2) is 0 Å². The van der Waals surface area contributed by atoms with E-state index in [1.807, 2.05) is 0 Å². The summed E-state index contributed by atoms with van der Waals surface area (Å²) in [6.07, 6.45) is 0. The zero-order valence-corrected chi connectivity index (χ0v) is 10.3. The molecule has 0 atom stereocenters. The number of hydrogen-bond donors (Lipinski definition) is 1. The highest BCUT2D eigenvalue weighted by Gasteiger charge is 2.19. The number of aryl methyl sites for hydroxylation is 1. The van der Waals surface area contributed by atoms with Crippen LogP contribution >= 0.6 is 23.2 Å². The zero-order chi connectivity index (χ0) is 12.6. The SMILES string of the molecule is Cc1onc(-c2c(Cl)cc(F)cc2Cl)c1CO. The molecule has 17 heavy (non-hydrogen) atoms. The van der Waals surface area contributed by atoms with Crippen molar-refractivity contribution in [1.82, 2.24) is 5.16 Å². The van der Waals surface area contributed by atoms with Crippen molar-refractivity contribution in [2.45, 2.75) is 13.5 Å². The standard InChI is InChI=1S/C11H8Cl2FNO2/c1-5-7(4-16)11(15-17-5)10-8(12)2-6(14)3-9(10)13/h2-3,16H,4H2,1H3. The number of aliphatic hydroxyl groups is 1. The Hall–Kier alpha value is -1.10. The van der Waals surface area contributed by atoms with Crippen LogP contribution in [0.2, 0.25) is 10.0 Å². The minimum absolute atomic E-state index is 0.123. The van der Waals surface area contributed by atoms with Crippen LogP contribution in [0.1, 0.15) is 11.3 Å². The third kappa shape index (κ3) is 2.16. The van der Waals surface area contributed by atoms with E-state index in [2.05, 4.69) is 5.16 Å². The van der Waals surface area contributed by atoms with Gasteiger partial charge in [-0.3, -0.25) is 0 Å². The summed E-state index contributed by atoms with van der Waals surface area (Å²) in [5, 5.41) is 13.3. The van der Waals surface area contributed by atoms with Crippen LogP contribution in [0.3, 0.4) is 0 Å². The molecule has 90 valence electrons. The van der Waals surface area contributed by atoms with E-state index < -0.39 is 5.82 Å². The Bertz CT molecular complexity index is 546. The van der Waals surface area contributed by atoms with Crippen LogP contribution in [0.25, 0.3) is 11.3 Å². The van der Waals surface area contributed by atoms with Crippen LogP contribution in [0.4, 0.5) is 4.39 Å². The lowest BCUT2D eigenvalue weighted by Gasteiger charge is -2.05. The summed E-state index contributed by atoms with van der Waals surface area (Å²) in [6, 6.07) is 2.27. The molecular weight excluding hydrogens is 268 g/mol. The Morgan fingerprint density at radius 2 is 1.94 bits per heavy atom. The molecule has 0 fully saturated rings. The molecule has 1 aromatic carbocycles. The third-order valence-electron chi connectivity index (χ3n) is 2.39. The van der Waals surface area contributed by atoms with Gasteiger partial charge < -0.3 is 9.63 Å². The molecule has 0 aliphatic heterocycles.